The van der Waals surface area contributed by atoms with Crippen LogP contribution in [-0.4, -0.2) is 43.4 Å². The third-order valence-electron chi connectivity index (χ3n) is 5.35. The molecule has 37 heavy (non-hydrogen) atoms. The van der Waals surface area contributed by atoms with E-state index in [9.17, 15) is 13.2 Å². The molecule has 1 aromatic heterocycles. The molecular formula is C26H23N3O6S2. The van der Waals surface area contributed by atoms with Crippen LogP contribution in [0.15, 0.2) is 71.6 Å². The lowest BCUT2D eigenvalue weighted by molar-refractivity contribution is -0.123. The minimum Gasteiger partial charge on any atom is -0.491 e. The predicted octanol–water partition coefficient (Wildman–Crippen LogP) is 4.09. The number of sulfone groups is 1. The number of hydrogen-bond acceptors (Lipinski definition) is 9. The highest BCUT2D eigenvalue weighted by Crippen LogP contribution is 2.31. The Morgan fingerprint density at radius 2 is 1.81 bits per heavy atom. The Labute approximate surface area is 217 Å². The van der Waals surface area contributed by atoms with Gasteiger partial charge in [0.2, 0.25) is 6.10 Å². The number of nitriles is 1. The van der Waals surface area contributed by atoms with Crippen molar-refractivity contribution in [3.05, 3.63) is 77.9 Å². The van der Waals surface area contributed by atoms with Gasteiger partial charge in [-0.1, -0.05) is 30.4 Å². The highest BCUT2D eigenvalue weighted by Gasteiger charge is 2.25. The fourth-order valence-electron chi connectivity index (χ4n) is 3.42. The summed E-state index contributed by atoms with van der Waals surface area (Å²) in [7, 11) is -3.40. The van der Waals surface area contributed by atoms with Crippen LogP contribution in [0, 0.1) is 11.3 Å². The lowest BCUT2D eigenvalue weighted by atomic mass is 10.1. The van der Waals surface area contributed by atoms with Crippen LogP contribution < -0.4 is 14.8 Å². The Hall–Kier alpha value is -3.98. The maximum Gasteiger partial charge on any atom is 0.271 e. The van der Waals surface area contributed by atoms with Crippen LogP contribution in [-0.2, 0) is 14.6 Å². The minimum absolute atomic E-state index is 0.0393. The van der Waals surface area contributed by atoms with E-state index in [4.69, 9.17) is 19.8 Å². The van der Waals surface area contributed by atoms with E-state index in [1.165, 1.54) is 23.5 Å². The molecule has 4 aromatic rings. The summed E-state index contributed by atoms with van der Waals surface area (Å²) in [5.41, 5.74) is 1.55. The number of aromatic nitrogens is 1. The van der Waals surface area contributed by atoms with Gasteiger partial charge in [-0.3, -0.25) is 10.1 Å². The maximum atomic E-state index is 13.4. The van der Waals surface area contributed by atoms with Gasteiger partial charge in [-0.2, -0.15) is 5.26 Å². The molecular weight excluding hydrogens is 514 g/mol. The SMILES string of the molecule is CCS(=O)(=O)c1ccc(C(Oc2ccc(C#N)cc2)C(=O)Nc2nc3ccc(OCCO)cc3s2)cc1. The summed E-state index contributed by atoms with van der Waals surface area (Å²) in [5, 5.41) is 21.1. The number of carbonyl (C=O) groups excluding carboxylic acids is 1. The second-order valence-corrected chi connectivity index (χ2v) is 11.1. The molecule has 0 aliphatic carbocycles. The van der Waals surface area contributed by atoms with Crippen LogP contribution in [0.25, 0.3) is 10.2 Å². The maximum absolute atomic E-state index is 13.4. The first-order chi connectivity index (χ1) is 17.8. The third-order valence-corrected chi connectivity index (χ3v) is 8.03. The Bertz CT molecular complexity index is 1540. The fourth-order valence-corrected chi connectivity index (χ4v) is 5.20. The summed E-state index contributed by atoms with van der Waals surface area (Å²) < 4.78 is 36.6. The van der Waals surface area contributed by atoms with Crippen molar-refractivity contribution in [3.8, 4) is 17.6 Å². The summed E-state index contributed by atoms with van der Waals surface area (Å²) in [4.78, 5) is 18.0. The van der Waals surface area contributed by atoms with Gasteiger partial charge in [0.25, 0.3) is 5.91 Å². The van der Waals surface area contributed by atoms with Gasteiger partial charge in [0.05, 0.1) is 39.1 Å². The molecule has 0 spiro atoms. The number of carbonyl (C=O) groups is 1. The van der Waals surface area contributed by atoms with Gasteiger partial charge >= 0.3 is 0 Å². The van der Waals surface area contributed by atoms with Gasteiger partial charge in [0.15, 0.2) is 15.0 Å². The van der Waals surface area contributed by atoms with Crippen molar-refractivity contribution in [2.24, 2.45) is 0 Å². The highest BCUT2D eigenvalue weighted by molar-refractivity contribution is 7.91. The second kappa shape index (κ2) is 11.4. The molecule has 0 bridgehead atoms. The van der Waals surface area contributed by atoms with Crippen molar-refractivity contribution >= 4 is 42.4 Å². The van der Waals surface area contributed by atoms with Gasteiger partial charge in [0, 0.05) is 5.56 Å². The average Bonchev–Trinajstić information content (AvgIpc) is 3.32. The second-order valence-electron chi connectivity index (χ2n) is 7.82. The lowest BCUT2D eigenvalue weighted by Gasteiger charge is -2.19. The van der Waals surface area contributed by atoms with E-state index >= 15 is 0 Å². The van der Waals surface area contributed by atoms with Gasteiger partial charge in [-0.25, -0.2) is 13.4 Å². The van der Waals surface area contributed by atoms with Crippen molar-refractivity contribution < 1.29 is 27.8 Å². The van der Waals surface area contributed by atoms with Crippen molar-refractivity contribution in [2.75, 3.05) is 24.3 Å². The molecule has 0 saturated heterocycles. The van der Waals surface area contributed by atoms with Crippen LogP contribution in [0.1, 0.15) is 24.2 Å². The fraction of sp³-hybridized carbons (Fsp3) is 0.192. The van der Waals surface area contributed by atoms with E-state index in [2.05, 4.69) is 10.3 Å². The zero-order valence-corrected chi connectivity index (χ0v) is 21.4. The van der Waals surface area contributed by atoms with Crippen LogP contribution in [0.4, 0.5) is 5.13 Å². The van der Waals surface area contributed by atoms with E-state index in [0.717, 1.165) is 4.70 Å². The van der Waals surface area contributed by atoms with E-state index in [1.54, 1.807) is 61.5 Å². The molecule has 0 aliphatic heterocycles. The highest BCUT2D eigenvalue weighted by atomic mass is 32.2. The first-order valence-corrected chi connectivity index (χ1v) is 13.7. The number of thiazole rings is 1. The Kier molecular flexibility index (Phi) is 8.03. The molecule has 11 heteroatoms. The number of nitrogens with one attached hydrogen (secondary N) is 1. The number of anilines is 1. The molecule has 0 fully saturated rings. The topological polar surface area (TPSA) is 139 Å². The van der Waals surface area contributed by atoms with Crippen molar-refractivity contribution in [3.63, 3.8) is 0 Å². The largest absolute Gasteiger partial charge is 0.491 e. The summed E-state index contributed by atoms with van der Waals surface area (Å²) in [6, 6.07) is 19.6. The molecule has 2 N–H and O–H groups in total. The summed E-state index contributed by atoms with van der Waals surface area (Å²) in [6.07, 6.45) is -1.12. The Balaban J connectivity index is 1.61. The molecule has 1 atom stereocenters. The molecule has 190 valence electrons. The van der Waals surface area contributed by atoms with Crippen molar-refractivity contribution in [1.29, 1.82) is 5.26 Å². The van der Waals surface area contributed by atoms with Gasteiger partial charge in [-0.15, -0.1) is 0 Å². The number of aliphatic hydroxyl groups excluding tert-OH is 1. The number of fused-ring (bicyclic) bond motifs is 1. The molecule has 1 heterocycles. The molecule has 1 amide bonds. The molecule has 0 radical (unpaired) electrons. The summed E-state index contributed by atoms with van der Waals surface area (Å²) >= 11 is 1.25. The molecule has 0 saturated carbocycles. The number of aliphatic hydroxyl groups is 1. The quantitative estimate of drug-likeness (QED) is 0.308. The molecule has 0 aliphatic rings. The van der Waals surface area contributed by atoms with E-state index < -0.39 is 21.8 Å². The predicted molar refractivity (Wildman–Crippen MR) is 140 cm³/mol. The normalized spacial score (nSPS) is 12.0. The van der Waals surface area contributed by atoms with Crippen LogP contribution in [0.2, 0.25) is 0 Å². The first-order valence-electron chi connectivity index (χ1n) is 11.3. The average molecular weight is 538 g/mol. The van der Waals surface area contributed by atoms with Crippen LogP contribution >= 0.6 is 11.3 Å². The first kappa shape index (κ1) is 26.1. The zero-order chi connectivity index (χ0) is 26.4. The standard InChI is InChI=1S/C26H23N3O6S2/c1-2-37(32,33)21-10-5-18(6-11-21)24(35-19-7-3-17(16-27)4-8-19)25(31)29-26-28-22-12-9-20(34-14-13-30)15-23(22)36-26/h3-12,15,24,30H,2,13-14H2,1H3,(H,28,29,31). The van der Waals surface area contributed by atoms with Crippen molar-refractivity contribution in [1.82, 2.24) is 4.98 Å². The van der Waals surface area contributed by atoms with Gasteiger partial charge < -0.3 is 14.6 Å². The molecule has 3 aromatic carbocycles. The van der Waals surface area contributed by atoms with Crippen LogP contribution in [0.5, 0.6) is 11.5 Å². The molecule has 4 rings (SSSR count). The summed E-state index contributed by atoms with van der Waals surface area (Å²) in [6.45, 7) is 1.63. The number of nitrogens with zero attached hydrogens (tertiary/aromatic N) is 2. The van der Waals surface area contributed by atoms with Gasteiger partial charge in [-0.05, 0) is 54.6 Å². The number of benzene rings is 3. The monoisotopic (exact) mass is 537 g/mol. The Morgan fingerprint density at radius 3 is 2.46 bits per heavy atom. The lowest BCUT2D eigenvalue weighted by Crippen LogP contribution is -2.25. The number of hydrogen-bond donors (Lipinski definition) is 2. The molecule has 1 unspecified atom stereocenters. The number of rotatable bonds is 10. The minimum atomic E-state index is -3.40. The van der Waals surface area contributed by atoms with Crippen LogP contribution in [0.3, 0.4) is 0 Å². The Morgan fingerprint density at radius 1 is 1.11 bits per heavy atom. The smallest absolute Gasteiger partial charge is 0.271 e. The van der Waals surface area contributed by atoms with E-state index in [-0.39, 0.29) is 23.9 Å². The number of ether oxygens (including phenoxy) is 2. The van der Waals surface area contributed by atoms with Gasteiger partial charge in [0.1, 0.15) is 18.1 Å². The van der Waals surface area contributed by atoms with E-state index in [1.807, 2.05) is 6.07 Å². The van der Waals surface area contributed by atoms with E-state index in [0.29, 0.717) is 33.3 Å². The summed E-state index contributed by atoms with van der Waals surface area (Å²) in [5.74, 6) is 0.389. The molecule has 9 nitrogen and oxygen atoms in total. The number of amides is 1. The zero-order valence-electron chi connectivity index (χ0n) is 19.7. The van der Waals surface area contributed by atoms with Crippen molar-refractivity contribution in [2.45, 2.75) is 17.9 Å². The third kappa shape index (κ3) is 6.24.